The second-order valence-electron chi connectivity index (χ2n) is 3.58. The van der Waals surface area contributed by atoms with Crippen molar-refractivity contribution in [2.75, 3.05) is 6.54 Å². The fraction of sp³-hybridized carbons (Fsp3) is 0.364. The molecule has 2 N–H and O–H groups in total. The third-order valence-corrected chi connectivity index (χ3v) is 3.01. The Hall–Kier alpha value is -0.860. The van der Waals surface area contributed by atoms with E-state index in [0.717, 1.165) is 24.3 Å². The maximum absolute atomic E-state index is 11.4. The molecule has 0 spiro atoms. The third-order valence-electron chi connectivity index (χ3n) is 2.67. The molecule has 1 aromatic rings. The van der Waals surface area contributed by atoms with Crippen molar-refractivity contribution in [3.05, 3.63) is 33.8 Å². The molecule has 0 saturated carbocycles. The minimum Gasteiger partial charge on any atom is -0.324 e. The highest BCUT2D eigenvalue weighted by molar-refractivity contribution is 6.32. The lowest BCUT2D eigenvalue weighted by Crippen LogP contribution is -2.13. The Balaban J connectivity index is 2.46. The Morgan fingerprint density at radius 1 is 1.43 bits per heavy atom. The van der Waals surface area contributed by atoms with Crippen molar-refractivity contribution in [3.8, 4) is 0 Å². The van der Waals surface area contributed by atoms with Crippen LogP contribution in [0.5, 0.6) is 0 Å². The van der Waals surface area contributed by atoms with Crippen LogP contribution in [0.4, 0.5) is 0 Å². The van der Waals surface area contributed by atoms with Gasteiger partial charge in [0.05, 0.1) is 6.54 Å². The molecule has 0 heterocycles. The van der Waals surface area contributed by atoms with Crippen molar-refractivity contribution in [1.82, 2.24) is 0 Å². The second kappa shape index (κ2) is 3.71. The SMILES string of the molecule is NCC(=O)c1cc(Cl)c2c(c1)CCC2. The van der Waals surface area contributed by atoms with Crippen molar-refractivity contribution in [3.63, 3.8) is 0 Å². The molecule has 2 nitrogen and oxygen atoms in total. The number of halogens is 1. The van der Waals surface area contributed by atoms with E-state index in [1.807, 2.05) is 6.07 Å². The first-order valence-electron chi connectivity index (χ1n) is 4.77. The number of Topliss-reactive ketones (excluding diaryl/α,β-unsaturated/α-hetero) is 1. The number of nitrogens with two attached hydrogens (primary N) is 1. The minimum atomic E-state index is -0.0402. The summed E-state index contributed by atoms with van der Waals surface area (Å²) < 4.78 is 0. The molecule has 0 fully saturated rings. The van der Waals surface area contributed by atoms with Gasteiger partial charge in [-0.2, -0.15) is 0 Å². The Kier molecular flexibility index (Phi) is 2.57. The standard InChI is InChI=1S/C11H12ClNO/c12-10-5-8(11(14)6-13)4-7-2-1-3-9(7)10/h4-5H,1-3,6,13H2. The van der Waals surface area contributed by atoms with Crippen LogP contribution < -0.4 is 5.73 Å². The van der Waals surface area contributed by atoms with Crippen LogP contribution in [0.3, 0.4) is 0 Å². The van der Waals surface area contributed by atoms with Crippen LogP contribution in [0.2, 0.25) is 5.02 Å². The van der Waals surface area contributed by atoms with Crippen LogP contribution in [0, 0.1) is 0 Å². The summed E-state index contributed by atoms with van der Waals surface area (Å²) in [5, 5.41) is 0.719. The summed E-state index contributed by atoms with van der Waals surface area (Å²) >= 11 is 6.08. The number of fused-ring (bicyclic) bond motifs is 1. The summed E-state index contributed by atoms with van der Waals surface area (Å²) in [6.45, 7) is 0.0507. The van der Waals surface area contributed by atoms with E-state index < -0.39 is 0 Å². The highest BCUT2D eigenvalue weighted by Gasteiger charge is 2.16. The van der Waals surface area contributed by atoms with E-state index in [9.17, 15) is 4.79 Å². The quantitative estimate of drug-likeness (QED) is 0.757. The number of aryl methyl sites for hydroxylation is 1. The van der Waals surface area contributed by atoms with Gasteiger partial charge in [-0.3, -0.25) is 4.79 Å². The first-order valence-corrected chi connectivity index (χ1v) is 5.14. The zero-order valence-electron chi connectivity index (χ0n) is 7.85. The van der Waals surface area contributed by atoms with Gasteiger partial charge in [0.15, 0.2) is 5.78 Å². The number of carbonyl (C=O) groups is 1. The van der Waals surface area contributed by atoms with Crippen LogP contribution in [0.25, 0.3) is 0 Å². The van der Waals surface area contributed by atoms with Gasteiger partial charge in [-0.15, -0.1) is 0 Å². The topological polar surface area (TPSA) is 43.1 Å². The summed E-state index contributed by atoms with van der Waals surface area (Å²) in [4.78, 5) is 11.4. The highest BCUT2D eigenvalue weighted by atomic mass is 35.5. The van der Waals surface area contributed by atoms with Gasteiger partial charge in [-0.25, -0.2) is 0 Å². The van der Waals surface area contributed by atoms with Crippen molar-refractivity contribution >= 4 is 17.4 Å². The Labute approximate surface area is 88.1 Å². The smallest absolute Gasteiger partial charge is 0.176 e. The van der Waals surface area contributed by atoms with Crippen molar-refractivity contribution in [2.24, 2.45) is 5.73 Å². The second-order valence-corrected chi connectivity index (χ2v) is 3.98. The molecule has 0 saturated heterocycles. The first kappa shape index (κ1) is 9.69. The Morgan fingerprint density at radius 2 is 2.21 bits per heavy atom. The van der Waals surface area contributed by atoms with Crippen LogP contribution in [-0.4, -0.2) is 12.3 Å². The van der Waals surface area contributed by atoms with Gasteiger partial charge in [0.25, 0.3) is 0 Å². The summed E-state index contributed by atoms with van der Waals surface area (Å²) in [5.74, 6) is -0.0402. The Bertz CT molecular complexity index is 387. The predicted molar refractivity (Wildman–Crippen MR) is 56.9 cm³/mol. The molecule has 1 aliphatic rings. The summed E-state index contributed by atoms with van der Waals surface area (Å²) in [6.07, 6.45) is 3.20. The molecule has 3 heteroatoms. The number of benzene rings is 1. The molecule has 0 amide bonds. The van der Waals surface area contributed by atoms with E-state index in [1.54, 1.807) is 6.07 Å². The molecule has 1 aliphatic carbocycles. The van der Waals surface area contributed by atoms with E-state index in [0.29, 0.717) is 5.56 Å². The van der Waals surface area contributed by atoms with E-state index in [4.69, 9.17) is 17.3 Å². The maximum Gasteiger partial charge on any atom is 0.176 e. The molecule has 2 rings (SSSR count). The van der Waals surface area contributed by atoms with Gasteiger partial charge in [-0.05, 0) is 42.5 Å². The lowest BCUT2D eigenvalue weighted by molar-refractivity contribution is 0.100. The van der Waals surface area contributed by atoms with E-state index in [1.165, 1.54) is 11.1 Å². The zero-order chi connectivity index (χ0) is 10.1. The fourth-order valence-corrected chi connectivity index (χ4v) is 2.26. The van der Waals surface area contributed by atoms with Crippen LogP contribution in [0.1, 0.15) is 27.9 Å². The Morgan fingerprint density at radius 3 is 2.93 bits per heavy atom. The first-order chi connectivity index (χ1) is 6.72. The van der Waals surface area contributed by atoms with Gasteiger partial charge >= 0.3 is 0 Å². The number of hydrogen-bond acceptors (Lipinski definition) is 2. The van der Waals surface area contributed by atoms with Gasteiger partial charge in [0.1, 0.15) is 0 Å². The molecule has 0 radical (unpaired) electrons. The molecule has 0 unspecified atom stereocenters. The average molecular weight is 210 g/mol. The number of carbonyl (C=O) groups excluding carboxylic acids is 1. The molecule has 74 valence electrons. The minimum absolute atomic E-state index is 0.0402. The van der Waals surface area contributed by atoms with Crippen molar-refractivity contribution in [1.29, 1.82) is 0 Å². The van der Waals surface area contributed by atoms with E-state index in [2.05, 4.69) is 0 Å². The normalized spacial score (nSPS) is 14.1. The molecule has 14 heavy (non-hydrogen) atoms. The van der Waals surface area contributed by atoms with Gasteiger partial charge in [0.2, 0.25) is 0 Å². The summed E-state index contributed by atoms with van der Waals surface area (Å²) in [5.41, 5.74) is 8.38. The maximum atomic E-state index is 11.4. The van der Waals surface area contributed by atoms with E-state index >= 15 is 0 Å². The summed E-state index contributed by atoms with van der Waals surface area (Å²) in [7, 11) is 0. The van der Waals surface area contributed by atoms with Gasteiger partial charge in [0, 0.05) is 10.6 Å². The molecule has 0 aromatic heterocycles. The molecular formula is C11H12ClNO. The molecular weight excluding hydrogens is 198 g/mol. The van der Waals surface area contributed by atoms with E-state index in [-0.39, 0.29) is 12.3 Å². The number of ketones is 1. The van der Waals surface area contributed by atoms with Crippen LogP contribution in [-0.2, 0) is 12.8 Å². The monoisotopic (exact) mass is 209 g/mol. The largest absolute Gasteiger partial charge is 0.324 e. The summed E-state index contributed by atoms with van der Waals surface area (Å²) in [6, 6.07) is 3.67. The zero-order valence-corrected chi connectivity index (χ0v) is 8.60. The average Bonchev–Trinajstić information content (AvgIpc) is 2.64. The molecule has 0 bridgehead atoms. The fourth-order valence-electron chi connectivity index (χ4n) is 1.93. The van der Waals surface area contributed by atoms with Gasteiger partial charge in [-0.1, -0.05) is 11.6 Å². The predicted octanol–water partition coefficient (Wildman–Crippen LogP) is 1.97. The van der Waals surface area contributed by atoms with Crippen LogP contribution >= 0.6 is 11.6 Å². The molecule has 1 aromatic carbocycles. The lowest BCUT2D eigenvalue weighted by atomic mass is 10.0. The third kappa shape index (κ3) is 1.56. The van der Waals surface area contributed by atoms with Crippen LogP contribution in [0.15, 0.2) is 12.1 Å². The van der Waals surface area contributed by atoms with Crippen molar-refractivity contribution < 1.29 is 4.79 Å². The molecule has 0 atom stereocenters. The lowest BCUT2D eigenvalue weighted by Gasteiger charge is -2.05. The number of hydrogen-bond donors (Lipinski definition) is 1. The molecule has 0 aliphatic heterocycles. The highest BCUT2D eigenvalue weighted by Crippen LogP contribution is 2.30. The number of rotatable bonds is 2. The van der Waals surface area contributed by atoms with Crippen molar-refractivity contribution in [2.45, 2.75) is 19.3 Å². The van der Waals surface area contributed by atoms with Gasteiger partial charge < -0.3 is 5.73 Å².